The van der Waals surface area contributed by atoms with Crippen molar-refractivity contribution in [2.24, 2.45) is 0 Å². The molecule has 2 unspecified atom stereocenters. The maximum Gasteiger partial charge on any atom is 0.303 e. The number of hydrogen-bond acceptors (Lipinski definition) is 4. The van der Waals surface area contributed by atoms with Crippen LogP contribution in [0.25, 0.3) is 0 Å². The van der Waals surface area contributed by atoms with Crippen molar-refractivity contribution in [1.82, 2.24) is 0 Å². The summed E-state index contributed by atoms with van der Waals surface area (Å²) in [6.45, 7) is 2.10. The van der Waals surface area contributed by atoms with Gasteiger partial charge in [-0.2, -0.15) is 0 Å². The third-order valence-corrected chi connectivity index (χ3v) is 3.77. The molecule has 0 aromatic rings. The highest BCUT2D eigenvalue weighted by atomic mass is 16.4. The highest BCUT2D eigenvalue weighted by molar-refractivity contribution is 5.66. The minimum absolute atomic E-state index is 0.186. The van der Waals surface area contributed by atoms with E-state index in [1.165, 1.54) is 6.08 Å². The summed E-state index contributed by atoms with van der Waals surface area (Å²) in [6, 6.07) is 0. The van der Waals surface area contributed by atoms with Crippen molar-refractivity contribution in [3.63, 3.8) is 0 Å². The number of allylic oxidation sites excluding steroid dienone is 3. The zero-order valence-corrected chi connectivity index (χ0v) is 15.3. The summed E-state index contributed by atoms with van der Waals surface area (Å²) >= 11 is 0. The number of carbonyl (C=O) groups is 1. The fraction of sp³-hybridized carbons (Fsp3) is 0.650. The van der Waals surface area contributed by atoms with Crippen LogP contribution in [-0.4, -0.2) is 44.7 Å². The smallest absolute Gasteiger partial charge is 0.303 e. The summed E-state index contributed by atoms with van der Waals surface area (Å²) in [5.41, 5.74) is 0. The van der Waals surface area contributed by atoms with E-state index in [0.717, 1.165) is 25.7 Å². The molecule has 25 heavy (non-hydrogen) atoms. The van der Waals surface area contributed by atoms with E-state index in [2.05, 4.69) is 6.92 Å². The van der Waals surface area contributed by atoms with Crippen LogP contribution in [0, 0.1) is 0 Å². The lowest BCUT2D eigenvalue weighted by Gasteiger charge is -2.13. The Morgan fingerprint density at radius 2 is 1.68 bits per heavy atom. The van der Waals surface area contributed by atoms with Gasteiger partial charge in [-0.3, -0.25) is 4.79 Å². The lowest BCUT2D eigenvalue weighted by molar-refractivity contribution is -0.137. The third-order valence-electron chi connectivity index (χ3n) is 3.77. The van der Waals surface area contributed by atoms with Gasteiger partial charge in [0.05, 0.1) is 18.3 Å². The Morgan fingerprint density at radius 1 is 0.960 bits per heavy atom. The zero-order chi connectivity index (χ0) is 18.9. The van der Waals surface area contributed by atoms with Gasteiger partial charge >= 0.3 is 5.97 Å². The van der Waals surface area contributed by atoms with E-state index in [4.69, 9.17) is 5.11 Å². The van der Waals surface area contributed by atoms with E-state index >= 15 is 0 Å². The number of aliphatic hydroxyl groups excluding tert-OH is 3. The van der Waals surface area contributed by atoms with Gasteiger partial charge in [-0.1, -0.05) is 62.6 Å². The lowest BCUT2D eigenvalue weighted by atomic mass is 10.1. The van der Waals surface area contributed by atoms with Crippen molar-refractivity contribution in [2.45, 2.75) is 83.0 Å². The topological polar surface area (TPSA) is 98.0 Å². The molecule has 4 N–H and O–H groups in total. The SMILES string of the molecule is CCCCC[C@H](O)C=CC(O)C(O)CC=CCC=CCCCC(=O)O. The minimum Gasteiger partial charge on any atom is -0.481 e. The number of rotatable bonds is 15. The quantitative estimate of drug-likeness (QED) is 0.267. The van der Waals surface area contributed by atoms with Gasteiger partial charge in [0.2, 0.25) is 0 Å². The Labute approximate surface area is 151 Å². The summed E-state index contributed by atoms with van der Waals surface area (Å²) in [5, 5.41) is 37.9. The van der Waals surface area contributed by atoms with E-state index < -0.39 is 24.3 Å². The monoisotopic (exact) mass is 354 g/mol. The summed E-state index contributed by atoms with van der Waals surface area (Å²) < 4.78 is 0. The molecule has 0 spiro atoms. The van der Waals surface area contributed by atoms with E-state index in [1.54, 1.807) is 12.2 Å². The van der Waals surface area contributed by atoms with Crippen LogP contribution >= 0.6 is 0 Å². The molecular formula is C20H34O5. The molecule has 3 atom stereocenters. The average Bonchev–Trinajstić information content (AvgIpc) is 2.57. The molecule has 0 amide bonds. The molecule has 144 valence electrons. The van der Waals surface area contributed by atoms with Crippen molar-refractivity contribution in [3.05, 3.63) is 36.5 Å². The predicted octanol–water partition coefficient (Wildman–Crippen LogP) is 3.35. The van der Waals surface area contributed by atoms with Gasteiger partial charge in [-0.25, -0.2) is 0 Å². The number of carboxylic acid groups (broad SMARTS) is 1. The summed E-state index contributed by atoms with van der Waals surface area (Å²) in [5.74, 6) is -0.775. The van der Waals surface area contributed by atoms with E-state index in [9.17, 15) is 20.1 Å². The fourth-order valence-electron chi connectivity index (χ4n) is 2.21. The number of aliphatic carboxylic acids is 1. The fourth-order valence-corrected chi connectivity index (χ4v) is 2.21. The standard InChI is InChI=1S/C20H34O5/c1-2-3-9-12-17(21)15-16-19(23)18(22)13-10-7-5-4-6-8-11-14-20(24)25/h4,6-7,10,15-19,21-23H,2-3,5,8-9,11-14H2,1H3,(H,24,25)/t17-,18?,19?/m0/s1. The Bertz CT molecular complexity index is 414. The normalized spacial score (nSPS) is 16.0. The first-order valence-corrected chi connectivity index (χ1v) is 9.21. The lowest BCUT2D eigenvalue weighted by Crippen LogP contribution is -2.23. The Balaban J connectivity index is 3.86. The molecule has 0 saturated heterocycles. The highest BCUT2D eigenvalue weighted by Crippen LogP contribution is 2.07. The molecule has 0 aromatic heterocycles. The maximum absolute atomic E-state index is 10.3. The van der Waals surface area contributed by atoms with Gasteiger partial charge in [0.1, 0.15) is 0 Å². The summed E-state index contributed by atoms with van der Waals surface area (Å²) in [4.78, 5) is 10.3. The van der Waals surface area contributed by atoms with Gasteiger partial charge < -0.3 is 20.4 Å². The number of unbranched alkanes of at least 4 members (excludes halogenated alkanes) is 3. The molecule has 5 nitrogen and oxygen atoms in total. The van der Waals surface area contributed by atoms with Crippen molar-refractivity contribution in [1.29, 1.82) is 0 Å². The molecular weight excluding hydrogens is 320 g/mol. The molecule has 0 heterocycles. The molecule has 5 heteroatoms. The largest absolute Gasteiger partial charge is 0.481 e. The maximum atomic E-state index is 10.3. The van der Waals surface area contributed by atoms with Gasteiger partial charge in [0.25, 0.3) is 0 Å². The van der Waals surface area contributed by atoms with Gasteiger partial charge in [-0.15, -0.1) is 0 Å². The molecule has 0 aliphatic heterocycles. The van der Waals surface area contributed by atoms with E-state index in [0.29, 0.717) is 25.7 Å². The summed E-state index contributed by atoms with van der Waals surface area (Å²) in [6.07, 6.45) is 14.6. The number of hydrogen-bond donors (Lipinski definition) is 4. The van der Waals surface area contributed by atoms with Gasteiger partial charge in [0.15, 0.2) is 0 Å². The molecule has 0 radical (unpaired) electrons. The Hall–Kier alpha value is -1.43. The number of aliphatic hydroxyl groups is 3. The molecule has 0 aromatic carbocycles. The number of carboxylic acids is 1. The van der Waals surface area contributed by atoms with Gasteiger partial charge in [-0.05, 0) is 32.1 Å². The summed E-state index contributed by atoms with van der Waals surface area (Å²) in [7, 11) is 0. The predicted molar refractivity (Wildman–Crippen MR) is 100 cm³/mol. The van der Waals surface area contributed by atoms with Crippen LogP contribution in [0.1, 0.15) is 64.7 Å². The molecule has 0 aliphatic rings. The van der Waals surface area contributed by atoms with Crippen LogP contribution in [0.3, 0.4) is 0 Å². The molecule has 0 saturated carbocycles. The van der Waals surface area contributed by atoms with Crippen LogP contribution in [0.15, 0.2) is 36.5 Å². The second kappa shape index (κ2) is 16.1. The first-order chi connectivity index (χ1) is 12.0. The molecule has 0 bridgehead atoms. The molecule has 0 fully saturated rings. The first-order valence-electron chi connectivity index (χ1n) is 9.21. The minimum atomic E-state index is -0.989. The highest BCUT2D eigenvalue weighted by Gasteiger charge is 2.11. The van der Waals surface area contributed by atoms with E-state index in [1.807, 2.05) is 18.2 Å². The van der Waals surface area contributed by atoms with E-state index in [-0.39, 0.29) is 6.42 Å². The Kier molecular flexibility index (Phi) is 15.1. The zero-order valence-electron chi connectivity index (χ0n) is 15.3. The molecule has 0 aliphatic carbocycles. The van der Waals surface area contributed by atoms with Crippen LogP contribution in [0.2, 0.25) is 0 Å². The first kappa shape index (κ1) is 23.6. The van der Waals surface area contributed by atoms with Crippen LogP contribution in [0.4, 0.5) is 0 Å². The van der Waals surface area contributed by atoms with Gasteiger partial charge in [0, 0.05) is 6.42 Å². The van der Waals surface area contributed by atoms with Crippen LogP contribution in [-0.2, 0) is 4.79 Å². The van der Waals surface area contributed by atoms with Crippen molar-refractivity contribution >= 4 is 5.97 Å². The second-order valence-corrected chi connectivity index (χ2v) is 6.21. The van der Waals surface area contributed by atoms with Crippen molar-refractivity contribution < 1.29 is 25.2 Å². The third kappa shape index (κ3) is 15.8. The van der Waals surface area contributed by atoms with Crippen LogP contribution in [0.5, 0.6) is 0 Å². The average molecular weight is 354 g/mol. The van der Waals surface area contributed by atoms with Crippen LogP contribution < -0.4 is 0 Å². The second-order valence-electron chi connectivity index (χ2n) is 6.21. The van der Waals surface area contributed by atoms with Crippen molar-refractivity contribution in [3.8, 4) is 0 Å². The molecule has 0 rings (SSSR count). The van der Waals surface area contributed by atoms with Crippen molar-refractivity contribution in [2.75, 3.05) is 0 Å². The Morgan fingerprint density at radius 3 is 2.36 bits per heavy atom.